The number of carbonyl (C=O) groups excluding carboxylic acids is 3. The molecule has 280 valence electrons. The van der Waals surface area contributed by atoms with Gasteiger partial charge in [0.25, 0.3) is 0 Å². The summed E-state index contributed by atoms with van der Waals surface area (Å²) in [6.07, 6.45) is 35.2. The third-order valence-electron chi connectivity index (χ3n) is 8.70. The van der Waals surface area contributed by atoms with Crippen molar-refractivity contribution < 1.29 is 23.9 Å². The number of esters is 2. The van der Waals surface area contributed by atoms with Crippen LogP contribution in [0.1, 0.15) is 181 Å². The zero-order chi connectivity index (χ0) is 35.3. The molecule has 0 aliphatic heterocycles. The first-order valence-electron chi connectivity index (χ1n) is 19.9. The molecule has 0 fully saturated rings. The minimum atomic E-state index is -0.0983. The van der Waals surface area contributed by atoms with Gasteiger partial charge in [-0.2, -0.15) is 0 Å². The number of hydrogen-bond acceptors (Lipinski definition) is 6. The van der Waals surface area contributed by atoms with E-state index < -0.39 is 0 Å². The Morgan fingerprint density at radius 1 is 0.542 bits per heavy atom. The van der Waals surface area contributed by atoms with Crippen LogP contribution < -0.4 is 5.32 Å². The van der Waals surface area contributed by atoms with Crippen LogP contribution in [0.15, 0.2) is 24.3 Å². The second-order valence-electron chi connectivity index (χ2n) is 13.8. The Hall–Kier alpha value is -2.15. The van der Waals surface area contributed by atoms with Crippen LogP contribution in [0.5, 0.6) is 0 Å². The fourth-order valence-electron chi connectivity index (χ4n) is 5.70. The Balaban J connectivity index is 4.11. The second kappa shape index (κ2) is 36.1. The van der Waals surface area contributed by atoms with Gasteiger partial charge < -0.3 is 19.7 Å². The predicted octanol–water partition coefficient (Wildman–Crippen LogP) is 10.4. The number of nitrogens with one attached hydrogen (secondary N) is 1. The van der Waals surface area contributed by atoms with Gasteiger partial charge in [-0.05, 0) is 78.4 Å². The summed E-state index contributed by atoms with van der Waals surface area (Å²) < 4.78 is 10.7. The molecule has 7 heteroatoms. The van der Waals surface area contributed by atoms with Crippen molar-refractivity contribution >= 4 is 17.8 Å². The molecule has 0 aliphatic carbocycles. The van der Waals surface area contributed by atoms with Crippen molar-refractivity contribution in [3.05, 3.63) is 24.3 Å². The van der Waals surface area contributed by atoms with Crippen molar-refractivity contribution in [1.82, 2.24) is 10.2 Å². The monoisotopic (exact) mass is 677 g/mol. The van der Waals surface area contributed by atoms with Gasteiger partial charge in [0, 0.05) is 25.3 Å². The first-order valence-corrected chi connectivity index (χ1v) is 19.9. The molecule has 0 saturated heterocycles. The van der Waals surface area contributed by atoms with E-state index in [0.29, 0.717) is 32.5 Å². The van der Waals surface area contributed by atoms with Crippen LogP contribution in [-0.2, 0) is 23.9 Å². The highest BCUT2D eigenvalue weighted by Gasteiger charge is 2.12. The highest BCUT2D eigenvalue weighted by atomic mass is 16.5. The molecule has 0 aromatic carbocycles. The van der Waals surface area contributed by atoms with E-state index in [1.165, 1.54) is 51.4 Å². The van der Waals surface area contributed by atoms with E-state index >= 15 is 0 Å². The third kappa shape index (κ3) is 35.2. The molecule has 0 unspecified atom stereocenters. The minimum absolute atomic E-state index is 0.0983. The van der Waals surface area contributed by atoms with Crippen molar-refractivity contribution in [3.8, 4) is 0 Å². The van der Waals surface area contributed by atoms with E-state index in [-0.39, 0.29) is 23.9 Å². The lowest BCUT2D eigenvalue weighted by Crippen LogP contribution is -2.35. The number of unbranched alkanes of at least 4 members (excludes halogenated alkanes) is 16. The Morgan fingerprint density at radius 3 is 1.44 bits per heavy atom. The fourth-order valence-corrected chi connectivity index (χ4v) is 5.70. The molecule has 0 rings (SSSR count). The summed E-state index contributed by atoms with van der Waals surface area (Å²) in [6, 6.07) is 0.223. The van der Waals surface area contributed by atoms with Gasteiger partial charge in [0.05, 0.1) is 0 Å². The molecule has 0 aliphatic rings. The normalized spacial score (nSPS) is 11.7. The zero-order valence-corrected chi connectivity index (χ0v) is 31.9. The number of rotatable bonds is 35. The zero-order valence-electron chi connectivity index (χ0n) is 31.9. The van der Waals surface area contributed by atoms with Crippen molar-refractivity contribution in [1.29, 1.82) is 0 Å². The average Bonchev–Trinajstić information content (AvgIpc) is 3.05. The van der Waals surface area contributed by atoms with Crippen LogP contribution in [0.2, 0.25) is 0 Å². The number of nitrogens with zero attached hydrogens (tertiary/aromatic N) is 1. The highest BCUT2D eigenvalue weighted by molar-refractivity contribution is 5.76. The van der Waals surface area contributed by atoms with Crippen molar-refractivity contribution in [3.63, 3.8) is 0 Å². The van der Waals surface area contributed by atoms with Gasteiger partial charge in [-0.3, -0.25) is 14.4 Å². The summed E-state index contributed by atoms with van der Waals surface area (Å²) in [5, 5.41) is 3.32. The molecule has 0 bridgehead atoms. The Kier molecular flexibility index (Phi) is 34.5. The molecule has 0 radical (unpaired) electrons. The standard InChI is InChI=1S/C41H76N2O5/c1-5-7-9-11-13-21-27-36-47-40(45)33-25-19-15-17-23-30-38(42-39(44)32-29-35-43(3)4)31-24-18-16-20-26-34-41(46)48-37-28-22-14-12-10-8-6-2/h21-22,27-28,38H,5-20,23-26,29-37H2,1-4H3,(H,42,44)/b27-21-,28-22-. The molecule has 7 nitrogen and oxygen atoms in total. The lowest BCUT2D eigenvalue weighted by atomic mass is 9.99. The topological polar surface area (TPSA) is 84.9 Å². The summed E-state index contributed by atoms with van der Waals surface area (Å²) in [5.41, 5.74) is 0. The van der Waals surface area contributed by atoms with Crippen LogP contribution in [0.3, 0.4) is 0 Å². The van der Waals surface area contributed by atoms with Crippen LogP contribution in [0.25, 0.3) is 0 Å². The van der Waals surface area contributed by atoms with E-state index in [1.54, 1.807) is 0 Å². The second-order valence-corrected chi connectivity index (χ2v) is 13.8. The summed E-state index contributed by atoms with van der Waals surface area (Å²) in [7, 11) is 4.08. The van der Waals surface area contributed by atoms with E-state index in [1.807, 2.05) is 26.2 Å². The predicted molar refractivity (Wildman–Crippen MR) is 202 cm³/mol. The van der Waals surface area contributed by atoms with Gasteiger partial charge in [-0.25, -0.2) is 0 Å². The first-order chi connectivity index (χ1) is 23.4. The van der Waals surface area contributed by atoms with E-state index in [2.05, 4.69) is 36.2 Å². The number of amides is 1. The maximum Gasteiger partial charge on any atom is 0.306 e. The lowest BCUT2D eigenvalue weighted by molar-refractivity contribution is -0.143. The summed E-state index contributed by atoms with van der Waals surface area (Å²) in [4.78, 5) is 38.7. The third-order valence-corrected chi connectivity index (χ3v) is 8.70. The van der Waals surface area contributed by atoms with Crippen LogP contribution >= 0.6 is 0 Å². The largest absolute Gasteiger partial charge is 0.461 e. The van der Waals surface area contributed by atoms with Gasteiger partial charge in [-0.15, -0.1) is 0 Å². The number of hydrogen-bond donors (Lipinski definition) is 1. The van der Waals surface area contributed by atoms with E-state index in [0.717, 1.165) is 103 Å². The first kappa shape index (κ1) is 45.9. The van der Waals surface area contributed by atoms with Crippen molar-refractivity contribution in [2.75, 3.05) is 33.9 Å². The van der Waals surface area contributed by atoms with Gasteiger partial charge in [0.2, 0.25) is 5.91 Å². The summed E-state index contributed by atoms with van der Waals surface area (Å²) >= 11 is 0. The SMILES string of the molecule is CCCCCC/C=C\COC(=O)CCCCCCCC(CCCCCCCC(=O)OC/C=C\CCCCCC)NC(=O)CCCN(C)C. The quantitative estimate of drug-likeness (QED) is 0.0409. The fraction of sp³-hybridized carbons (Fsp3) is 0.829. The Bertz CT molecular complexity index is 759. The molecule has 0 atom stereocenters. The van der Waals surface area contributed by atoms with Gasteiger partial charge in [0.1, 0.15) is 13.2 Å². The minimum Gasteiger partial charge on any atom is -0.461 e. The maximum atomic E-state index is 12.6. The molecule has 0 spiro atoms. The maximum absolute atomic E-state index is 12.6. The number of carbonyl (C=O) groups is 3. The smallest absolute Gasteiger partial charge is 0.306 e. The van der Waals surface area contributed by atoms with Crippen LogP contribution in [-0.4, -0.2) is 62.6 Å². The average molecular weight is 677 g/mol. The Morgan fingerprint density at radius 2 is 0.979 bits per heavy atom. The molecule has 1 amide bonds. The molecule has 48 heavy (non-hydrogen) atoms. The van der Waals surface area contributed by atoms with Crippen molar-refractivity contribution in [2.24, 2.45) is 0 Å². The molecular weight excluding hydrogens is 600 g/mol. The van der Waals surface area contributed by atoms with Crippen LogP contribution in [0, 0.1) is 0 Å². The number of allylic oxidation sites excluding steroid dienone is 2. The van der Waals surface area contributed by atoms with E-state index in [9.17, 15) is 14.4 Å². The molecule has 0 aromatic heterocycles. The summed E-state index contributed by atoms with van der Waals surface area (Å²) in [5.74, 6) is -0.0331. The molecular formula is C41H76N2O5. The summed E-state index contributed by atoms with van der Waals surface area (Å²) in [6.45, 7) is 6.13. The lowest BCUT2D eigenvalue weighted by Gasteiger charge is -2.19. The van der Waals surface area contributed by atoms with Gasteiger partial charge in [0.15, 0.2) is 0 Å². The number of ether oxygens (including phenoxy) is 2. The van der Waals surface area contributed by atoms with E-state index in [4.69, 9.17) is 9.47 Å². The van der Waals surface area contributed by atoms with Crippen molar-refractivity contribution in [2.45, 2.75) is 187 Å². The molecule has 0 aromatic rings. The molecule has 1 N–H and O–H groups in total. The van der Waals surface area contributed by atoms with Crippen LogP contribution in [0.4, 0.5) is 0 Å². The highest BCUT2D eigenvalue weighted by Crippen LogP contribution is 2.15. The Labute approximate surface area is 296 Å². The molecule has 0 heterocycles. The van der Waals surface area contributed by atoms with Gasteiger partial charge >= 0.3 is 11.9 Å². The van der Waals surface area contributed by atoms with Gasteiger partial charge in [-0.1, -0.05) is 128 Å². The molecule has 0 saturated carbocycles.